The van der Waals surface area contributed by atoms with Gasteiger partial charge in [0, 0.05) is 32.9 Å². The fourth-order valence-electron chi connectivity index (χ4n) is 4.00. The number of guanidine groups is 1. The van der Waals surface area contributed by atoms with Crippen LogP contribution in [0.3, 0.4) is 0 Å². The number of rotatable bonds is 6. The molecule has 1 aromatic heterocycles. The van der Waals surface area contributed by atoms with Crippen LogP contribution in [0.15, 0.2) is 78.0 Å². The third kappa shape index (κ3) is 5.84. The minimum Gasteiger partial charge on any atom is -0.356 e. The molecule has 1 saturated heterocycles. The van der Waals surface area contributed by atoms with Crippen LogP contribution < -0.4 is 5.32 Å². The Bertz CT molecular complexity index is 923. The van der Waals surface area contributed by atoms with Crippen LogP contribution in [-0.4, -0.2) is 47.3 Å². The smallest absolute Gasteiger partial charge is 0.193 e. The average Bonchev–Trinajstić information content (AvgIpc) is 3.43. The highest BCUT2D eigenvalue weighted by Crippen LogP contribution is 2.20. The Morgan fingerprint density at radius 1 is 1.07 bits per heavy atom. The number of halogens is 1. The first-order valence-electron chi connectivity index (χ1n) is 10.4. The molecule has 1 aliphatic rings. The number of para-hydroxylation sites is 1. The normalized spacial score (nSPS) is 16.4. The first-order chi connectivity index (χ1) is 14.3. The molecule has 0 saturated carbocycles. The van der Waals surface area contributed by atoms with Gasteiger partial charge in [0.05, 0.1) is 11.9 Å². The van der Waals surface area contributed by atoms with E-state index in [1.54, 1.807) is 0 Å². The molecule has 1 N–H and O–H groups in total. The fraction of sp³-hybridized carbons (Fsp3) is 0.333. The van der Waals surface area contributed by atoms with Crippen LogP contribution in [0.25, 0.3) is 5.69 Å². The third-order valence-corrected chi connectivity index (χ3v) is 5.52. The Labute approximate surface area is 196 Å². The van der Waals surface area contributed by atoms with E-state index >= 15 is 0 Å². The first-order valence-corrected chi connectivity index (χ1v) is 10.4. The quantitative estimate of drug-likeness (QED) is 0.305. The fourth-order valence-corrected chi connectivity index (χ4v) is 4.00. The Morgan fingerprint density at radius 3 is 2.53 bits per heavy atom. The van der Waals surface area contributed by atoms with Crippen LogP contribution in [0, 0.1) is 5.92 Å². The number of aromatic nitrogens is 2. The maximum Gasteiger partial charge on any atom is 0.193 e. The van der Waals surface area contributed by atoms with E-state index in [2.05, 4.69) is 69.0 Å². The average molecular weight is 515 g/mol. The van der Waals surface area contributed by atoms with Gasteiger partial charge in [0.1, 0.15) is 0 Å². The van der Waals surface area contributed by atoms with E-state index in [9.17, 15) is 0 Å². The second-order valence-corrected chi connectivity index (χ2v) is 7.64. The van der Waals surface area contributed by atoms with Crippen LogP contribution in [0.5, 0.6) is 0 Å². The van der Waals surface area contributed by atoms with Gasteiger partial charge in [0.2, 0.25) is 0 Å². The van der Waals surface area contributed by atoms with E-state index < -0.39 is 0 Å². The summed E-state index contributed by atoms with van der Waals surface area (Å²) in [4.78, 5) is 6.90. The van der Waals surface area contributed by atoms with E-state index in [1.165, 1.54) is 17.5 Å². The molecule has 0 aliphatic carbocycles. The van der Waals surface area contributed by atoms with Crippen molar-refractivity contribution in [3.63, 3.8) is 0 Å². The molecule has 0 spiro atoms. The van der Waals surface area contributed by atoms with Crippen molar-refractivity contribution in [2.45, 2.75) is 19.3 Å². The second kappa shape index (κ2) is 11.2. The summed E-state index contributed by atoms with van der Waals surface area (Å²) >= 11 is 0. The zero-order chi connectivity index (χ0) is 19.9. The van der Waals surface area contributed by atoms with Gasteiger partial charge in [-0.1, -0.05) is 48.5 Å². The van der Waals surface area contributed by atoms with Crippen LogP contribution in [-0.2, 0) is 12.8 Å². The number of hydrogen-bond donors (Lipinski definition) is 1. The molecular weight excluding hydrogens is 485 g/mol. The maximum absolute atomic E-state index is 4.51. The van der Waals surface area contributed by atoms with E-state index in [4.69, 9.17) is 0 Å². The lowest BCUT2D eigenvalue weighted by Crippen LogP contribution is -2.40. The Balaban J connectivity index is 0.00000256. The van der Waals surface area contributed by atoms with Crippen molar-refractivity contribution in [2.24, 2.45) is 10.9 Å². The summed E-state index contributed by atoms with van der Waals surface area (Å²) in [7, 11) is 1.88. The lowest BCUT2D eigenvalue weighted by atomic mass is 9.99. The van der Waals surface area contributed by atoms with Gasteiger partial charge in [-0.3, -0.25) is 4.99 Å². The van der Waals surface area contributed by atoms with Gasteiger partial charge in [0.25, 0.3) is 0 Å². The number of hydrogen-bond acceptors (Lipinski definition) is 2. The molecule has 0 radical (unpaired) electrons. The number of nitrogens with one attached hydrogen (secondary N) is 1. The van der Waals surface area contributed by atoms with E-state index in [0.717, 1.165) is 44.1 Å². The van der Waals surface area contributed by atoms with Crippen molar-refractivity contribution >= 4 is 29.9 Å². The standard InChI is InChI=1S/C24H29N5.HI/c1-25-24(28-15-13-21(18-28)16-20-8-4-2-5-9-20)26-14-12-22-17-27-29(19-22)23-10-6-3-7-11-23;/h2-11,17,19,21H,12-16,18H2,1H3,(H,25,26);1H. The number of benzene rings is 2. The van der Waals surface area contributed by atoms with Gasteiger partial charge >= 0.3 is 0 Å². The molecule has 1 atom stereocenters. The summed E-state index contributed by atoms with van der Waals surface area (Å²) < 4.78 is 1.93. The van der Waals surface area contributed by atoms with Crippen molar-refractivity contribution < 1.29 is 0 Å². The molecule has 1 unspecified atom stereocenters. The van der Waals surface area contributed by atoms with Crippen molar-refractivity contribution in [2.75, 3.05) is 26.7 Å². The molecule has 2 aromatic carbocycles. The molecule has 30 heavy (non-hydrogen) atoms. The summed E-state index contributed by atoms with van der Waals surface area (Å²) in [5, 5.41) is 8.01. The van der Waals surface area contributed by atoms with Crippen LogP contribution in [0.4, 0.5) is 0 Å². The SMILES string of the molecule is CN=C(NCCc1cnn(-c2ccccc2)c1)N1CCC(Cc2ccccc2)C1.I. The third-order valence-electron chi connectivity index (χ3n) is 5.52. The summed E-state index contributed by atoms with van der Waals surface area (Å²) in [5.74, 6) is 1.70. The highest BCUT2D eigenvalue weighted by molar-refractivity contribution is 14.0. The van der Waals surface area contributed by atoms with Crippen LogP contribution in [0.1, 0.15) is 17.5 Å². The minimum atomic E-state index is 0. The van der Waals surface area contributed by atoms with E-state index in [1.807, 2.05) is 36.1 Å². The minimum absolute atomic E-state index is 0. The molecule has 6 heteroatoms. The van der Waals surface area contributed by atoms with Crippen LogP contribution in [0.2, 0.25) is 0 Å². The topological polar surface area (TPSA) is 45.5 Å². The van der Waals surface area contributed by atoms with E-state index in [-0.39, 0.29) is 24.0 Å². The van der Waals surface area contributed by atoms with Crippen LogP contribution >= 0.6 is 24.0 Å². The summed E-state index contributed by atoms with van der Waals surface area (Å²) in [5.41, 5.74) is 3.74. The largest absolute Gasteiger partial charge is 0.356 e. The van der Waals surface area contributed by atoms with Gasteiger partial charge in [-0.05, 0) is 48.4 Å². The van der Waals surface area contributed by atoms with Crippen molar-refractivity contribution in [3.8, 4) is 5.69 Å². The lowest BCUT2D eigenvalue weighted by Gasteiger charge is -2.21. The van der Waals surface area contributed by atoms with E-state index in [0.29, 0.717) is 5.92 Å². The number of likely N-dealkylation sites (tertiary alicyclic amines) is 1. The maximum atomic E-state index is 4.51. The molecule has 0 amide bonds. The number of aliphatic imine (C=N–C) groups is 1. The molecular formula is C24H30IN5. The highest BCUT2D eigenvalue weighted by Gasteiger charge is 2.24. The van der Waals surface area contributed by atoms with Gasteiger partial charge in [-0.2, -0.15) is 5.10 Å². The Kier molecular flexibility index (Phi) is 8.30. The molecule has 0 bridgehead atoms. The summed E-state index contributed by atoms with van der Waals surface area (Å²) in [6.07, 6.45) is 7.34. The molecule has 1 fully saturated rings. The van der Waals surface area contributed by atoms with Gasteiger partial charge < -0.3 is 10.2 Å². The molecule has 5 nitrogen and oxygen atoms in total. The molecule has 158 valence electrons. The molecule has 3 aromatic rings. The zero-order valence-electron chi connectivity index (χ0n) is 17.4. The molecule has 1 aliphatic heterocycles. The Morgan fingerprint density at radius 2 is 1.80 bits per heavy atom. The highest BCUT2D eigenvalue weighted by atomic mass is 127. The molecule has 2 heterocycles. The predicted octanol–water partition coefficient (Wildman–Crippen LogP) is 4.17. The summed E-state index contributed by atoms with van der Waals surface area (Å²) in [6.45, 7) is 3.00. The Hall–Kier alpha value is -2.35. The van der Waals surface area contributed by atoms with Gasteiger partial charge in [-0.15, -0.1) is 24.0 Å². The van der Waals surface area contributed by atoms with Crippen molar-refractivity contribution in [3.05, 3.63) is 84.2 Å². The second-order valence-electron chi connectivity index (χ2n) is 7.64. The predicted molar refractivity (Wildman–Crippen MR) is 134 cm³/mol. The lowest BCUT2D eigenvalue weighted by molar-refractivity contribution is 0.460. The van der Waals surface area contributed by atoms with Gasteiger partial charge in [-0.25, -0.2) is 4.68 Å². The summed E-state index contributed by atoms with van der Waals surface area (Å²) in [6, 6.07) is 21.0. The number of nitrogens with zero attached hydrogens (tertiary/aromatic N) is 4. The van der Waals surface area contributed by atoms with Gasteiger partial charge in [0.15, 0.2) is 5.96 Å². The first kappa shape index (κ1) is 22.3. The van der Waals surface area contributed by atoms with Crippen molar-refractivity contribution in [1.82, 2.24) is 20.0 Å². The van der Waals surface area contributed by atoms with Crippen molar-refractivity contribution in [1.29, 1.82) is 0 Å². The zero-order valence-corrected chi connectivity index (χ0v) is 19.8. The monoisotopic (exact) mass is 515 g/mol. The molecule has 4 rings (SSSR count).